The van der Waals surface area contributed by atoms with Gasteiger partial charge in [-0.25, -0.2) is 0 Å². The van der Waals surface area contributed by atoms with E-state index in [2.05, 4.69) is 6.92 Å². The molecular formula is C11H23NO3. The van der Waals surface area contributed by atoms with Crippen molar-refractivity contribution in [3.63, 3.8) is 0 Å². The third-order valence-corrected chi connectivity index (χ3v) is 2.88. The molecule has 2 atom stereocenters. The summed E-state index contributed by atoms with van der Waals surface area (Å²) in [6.07, 6.45) is 2.12. The molecule has 0 aliphatic rings. The van der Waals surface area contributed by atoms with Crippen LogP contribution in [0.1, 0.15) is 33.6 Å². The second-order valence-electron chi connectivity index (χ2n) is 3.98. The summed E-state index contributed by atoms with van der Waals surface area (Å²) in [4.78, 5) is 12.9. The summed E-state index contributed by atoms with van der Waals surface area (Å²) in [5.41, 5.74) is 0. The number of rotatable bonds is 8. The fraction of sp³-hybridized carbons (Fsp3) is 0.909. The van der Waals surface area contributed by atoms with E-state index in [1.165, 1.54) is 0 Å². The zero-order valence-electron chi connectivity index (χ0n) is 9.94. The first-order valence-electron chi connectivity index (χ1n) is 5.62. The Morgan fingerprint density at radius 1 is 1.33 bits per heavy atom. The molecule has 0 rings (SSSR count). The van der Waals surface area contributed by atoms with Crippen LogP contribution in [0.3, 0.4) is 0 Å². The van der Waals surface area contributed by atoms with Crippen LogP contribution in [0, 0.1) is 5.92 Å². The number of hydrogen-bond acceptors (Lipinski definition) is 3. The Hall–Kier alpha value is -0.610. The predicted molar refractivity (Wildman–Crippen MR) is 59.8 cm³/mol. The largest absolute Gasteiger partial charge is 0.481 e. The van der Waals surface area contributed by atoms with Crippen LogP contribution < -0.4 is 0 Å². The van der Waals surface area contributed by atoms with Crippen molar-refractivity contribution in [3.05, 3.63) is 0 Å². The summed E-state index contributed by atoms with van der Waals surface area (Å²) in [7, 11) is 0. The third kappa shape index (κ3) is 5.14. The number of hydrogen-bond donors (Lipinski definition) is 2. The molecule has 0 spiro atoms. The van der Waals surface area contributed by atoms with Crippen molar-refractivity contribution in [2.75, 3.05) is 19.7 Å². The molecular weight excluding hydrogens is 194 g/mol. The Balaban J connectivity index is 4.25. The Bertz CT molecular complexity index is 185. The van der Waals surface area contributed by atoms with E-state index in [1.807, 2.05) is 11.8 Å². The van der Waals surface area contributed by atoms with E-state index in [4.69, 9.17) is 10.2 Å². The summed E-state index contributed by atoms with van der Waals surface area (Å²) >= 11 is 0. The highest BCUT2D eigenvalue weighted by molar-refractivity contribution is 5.70. The van der Waals surface area contributed by atoms with Gasteiger partial charge in [0, 0.05) is 12.6 Å². The number of unbranched alkanes of at least 4 members (excludes halogenated alkanes) is 1. The maximum absolute atomic E-state index is 10.8. The Kier molecular flexibility index (Phi) is 7.34. The van der Waals surface area contributed by atoms with Gasteiger partial charge in [0.15, 0.2) is 0 Å². The molecule has 2 unspecified atom stereocenters. The molecule has 0 aliphatic heterocycles. The number of carboxylic acid groups (broad SMARTS) is 1. The van der Waals surface area contributed by atoms with Crippen LogP contribution in [-0.4, -0.2) is 46.8 Å². The second kappa shape index (κ2) is 7.65. The predicted octanol–water partition coefficient (Wildman–Crippen LogP) is 1.19. The molecule has 90 valence electrons. The minimum Gasteiger partial charge on any atom is -0.481 e. The number of aliphatic hydroxyl groups is 1. The maximum atomic E-state index is 10.8. The fourth-order valence-electron chi connectivity index (χ4n) is 1.53. The van der Waals surface area contributed by atoms with Gasteiger partial charge in [-0.3, -0.25) is 9.69 Å². The van der Waals surface area contributed by atoms with Crippen molar-refractivity contribution in [2.24, 2.45) is 5.92 Å². The number of nitrogens with zero attached hydrogens (tertiary/aromatic N) is 1. The normalized spacial score (nSPS) is 15.3. The highest BCUT2D eigenvalue weighted by Gasteiger charge is 2.24. The summed E-state index contributed by atoms with van der Waals surface area (Å²) in [6.45, 7) is 7.21. The first-order valence-corrected chi connectivity index (χ1v) is 5.62. The number of carbonyl (C=O) groups is 1. The van der Waals surface area contributed by atoms with E-state index in [0.717, 1.165) is 19.4 Å². The van der Waals surface area contributed by atoms with Gasteiger partial charge in [-0.1, -0.05) is 20.3 Å². The van der Waals surface area contributed by atoms with E-state index in [1.54, 1.807) is 6.92 Å². The zero-order chi connectivity index (χ0) is 11.8. The maximum Gasteiger partial charge on any atom is 0.307 e. The molecule has 0 heterocycles. The van der Waals surface area contributed by atoms with Gasteiger partial charge < -0.3 is 10.2 Å². The molecule has 2 N–H and O–H groups in total. The van der Waals surface area contributed by atoms with Gasteiger partial charge >= 0.3 is 5.97 Å². The van der Waals surface area contributed by atoms with Crippen molar-refractivity contribution >= 4 is 5.97 Å². The van der Waals surface area contributed by atoms with E-state index >= 15 is 0 Å². The smallest absolute Gasteiger partial charge is 0.307 e. The molecule has 0 aliphatic carbocycles. The average Bonchev–Trinajstić information content (AvgIpc) is 2.22. The minimum absolute atomic E-state index is 0.0267. The minimum atomic E-state index is -0.776. The average molecular weight is 217 g/mol. The van der Waals surface area contributed by atoms with Gasteiger partial charge in [-0.15, -0.1) is 0 Å². The molecule has 0 fully saturated rings. The van der Waals surface area contributed by atoms with Crippen LogP contribution in [0.4, 0.5) is 0 Å². The molecule has 0 saturated heterocycles. The molecule has 0 aromatic heterocycles. The molecule has 0 amide bonds. The molecule has 15 heavy (non-hydrogen) atoms. The van der Waals surface area contributed by atoms with Crippen molar-refractivity contribution in [3.8, 4) is 0 Å². The van der Waals surface area contributed by atoms with E-state index in [-0.39, 0.29) is 12.6 Å². The number of carboxylic acids is 1. The summed E-state index contributed by atoms with van der Waals surface area (Å²) in [5, 5.41) is 17.8. The van der Waals surface area contributed by atoms with Crippen molar-refractivity contribution in [1.82, 2.24) is 4.90 Å². The lowest BCUT2D eigenvalue weighted by molar-refractivity contribution is -0.143. The summed E-state index contributed by atoms with van der Waals surface area (Å²) in [6, 6.07) is -0.0267. The molecule has 0 aromatic carbocycles. The van der Waals surface area contributed by atoms with Crippen LogP contribution in [0.15, 0.2) is 0 Å². The van der Waals surface area contributed by atoms with Crippen LogP contribution in [0.25, 0.3) is 0 Å². The molecule has 0 saturated carbocycles. The first kappa shape index (κ1) is 14.4. The van der Waals surface area contributed by atoms with Crippen molar-refractivity contribution in [1.29, 1.82) is 0 Å². The van der Waals surface area contributed by atoms with E-state index in [9.17, 15) is 4.79 Å². The molecule has 0 aromatic rings. The van der Waals surface area contributed by atoms with Gasteiger partial charge in [0.2, 0.25) is 0 Å². The van der Waals surface area contributed by atoms with E-state index in [0.29, 0.717) is 6.54 Å². The number of aliphatic hydroxyl groups excluding tert-OH is 1. The van der Waals surface area contributed by atoms with Crippen LogP contribution in [0.5, 0.6) is 0 Å². The SMILES string of the molecule is CCCCN(CCO)C(C)C(C)C(=O)O. The topological polar surface area (TPSA) is 60.8 Å². The highest BCUT2D eigenvalue weighted by Crippen LogP contribution is 2.11. The van der Waals surface area contributed by atoms with Crippen LogP contribution in [-0.2, 0) is 4.79 Å². The zero-order valence-corrected chi connectivity index (χ0v) is 9.94. The lowest BCUT2D eigenvalue weighted by Gasteiger charge is -2.30. The molecule has 0 bridgehead atoms. The van der Waals surface area contributed by atoms with Crippen LogP contribution in [0.2, 0.25) is 0 Å². The monoisotopic (exact) mass is 217 g/mol. The Morgan fingerprint density at radius 3 is 2.33 bits per heavy atom. The summed E-state index contributed by atoms with van der Waals surface area (Å²) < 4.78 is 0. The Morgan fingerprint density at radius 2 is 1.93 bits per heavy atom. The van der Waals surface area contributed by atoms with Crippen molar-refractivity contribution in [2.45, 2.75) is 39.7 Å². The summed E-state index contributed by atoms with van der Waals surface area (Å²) in [5.74, 6) is -1.17. The highest BCUT2D eigenvalue weighted by atomic mass is 16.4. The van der Waals surface area contributed by atoms with E-state index < -0.39 is 11.9 Å². The van der Waals surface area contributed by atoms with Crippen LogP contribution >= 0.6 is 0 Å². The standard InChI is InChI=1S/C11H23NO3/c1-4-5-6-12(7-8-13)10(3)9(2)11(14)15/h9-10,13H,4-8H2,1-3H3,(H,14,15). The molecule has 0 radical (unpaired) electrons. The number of aliphatic carboxylic acids is 1. The van der Waals surface area contributed by atoms with Gasteiger partial charge in [0.1, 0.15) is 0 Å². The van der Waals surface area contributed by atoms with Crippen molar-refractivity contribution < 1.29 is 15.0 Å². The quantitative estimate of drug-likeness (QED) is 0.641. The van der Waals surface area contributed by atoms with Gasteiger partial charge in [-0.2, -0.15) is 0 Å². The van der Waals surface area contributed by atoms with Gasteiger partial charge in [-0.05, 0) is 19.9 Å². The lowest BCUT2D eigenvalue weighted by atomic mass is 10.0. The van der Waals surface area contributed by atoms with Gasteiger partial charge in [0.05, 0.1) is 12.5 Å². The first-order chi connectivity index (χ1) is 7.04. The Labute approximate surface area is 91.9 Å². The fourth-order valence-corrected chi connectivity index (χ4v) is 1.53. The molecule has 4 nitrogen and oxygen atoms in total. The van der Waals surface area contributed by atoms with Gasteiger partial charge in [0.25, 0.3) is 0 Å². The second-order valence-corrected chi connectivity index (χ2v) is 3.98. The third-order valence-electron chi connectivity index (χ3n) is 2.88. The lowest BCUT2D eigenvalue weighted by Crippen LogP contribution is -2.42. The molecule has 4 heteroatoms.